The second-order valence-electron chi connectivity index (χ2n) is 3.15. The SMILES string of the molecule is CCc1cc(C)ccc1OCC(=O)O. The molecule has 0 fully saturated rings. The zero-order valence-corrected chi connectivity index (χ0v) is 8.41. The van der Waals surface area contributed by atoms with Crippen LogP contribution in [-0.4, -0.2) is 17.7 Å². The number of ether oxygens (including phenoxy) is 1. The smallest absolute Gasteiger partial charge is 0.341 e. The molecule has 3 heteroatoms. The summed E-state index contributed by atoms with van der Waals surface area (Å²) in [6, 6.07) is 5.74. The van der Waals surface area contributed by atoms with Gasteiger partial charge in [0.2, 0.25) is 0 Å². The first-order valence-electron chi connectivity index (χ1n) is 4.57. The van der Waals surface area contributed by atoms with Crippen molar-refractivity contribution >= 4 is 5.97 Å². The molecule has 0 radical (unpaired) electrons. The van der Waals surface area contributed by atoms with Gasteiger partial charge in [-0.25, -0.2) is 4.79 Å². The Morgan fingerprint density at radius 1 is 1.50 bits per heavy atom. The Morgan fingerprint density at radius 2 is 2.21 bits per heavy atom. The predicted octanol–water partition coefficient (Wildman–Crippen LogP) is 2.02. The minimum Gasteiger partial charge on any atom is -0.482 e. The van der Waals surface area contributed by atoms with Gasteiger partial charge in [-0.3, -0.25) is 0 Å². The summed E-state index contributed by atoms with van der Waals surface area (Å²) in [7, 11) is 0. The Bertz CT molecular complexity index is 331. The third-order valence-corrected chi connectivity index (χ3v) is 1.95. The summed E-state index contributed by atoms with van der Waals surface area (Å²) >= 11 is 0. The topological polar surface area (TPSA) is 46.5 Å². The Morgan fingerprint density at radius 3 is 2.79 bits per heavy atom. The second-order valence-corrected chi connectivity index (χ2v) is 3.15. The number of hydrogen-bond acceptors (Lipinski definition) is 2. The number of rotatable bonds is 4. The first-order valence-corrected chi connectivity index (χ1v) is 4.57. The number of hydrogen-bond donors (Lipinski definition) is 1. The van der Waals surface area contributed by atoms with Gasteiger partial charge in [-0.05, 0) is 25.0 Å². The third-order valence-electron chi connectivity index (χ3n) is 1.95. The van der Waals surface area contributed by atoms with Crippen LogP contribution in [0.1, 0.15) is 18.1 Å². The lowest BCUT2D eigenvalue weighted by Gasteiger charge is -2.08. The molecule has 1 rings (SSSR count). The van der Waals surface area contributed by atoms with Gasteiger partial charge in [-0.2, -0.15) is 0 Å². The summed E-state index contributed by atoms with van der Waals surface area (Å²) in [6.45, 7) is 3.73. The molecule has 0 atom stereocenters. The van der Waals surface area contributed by atoms with E-state index in [4.69, 9.17) is 9.84 Å². The van der Waals surface area contributed by atoms with Gasteiger partial charge >= 0.3 is 5.97 Å². The van der Waals surface area contributed by atoms with E-state index in [1.54, 1.807) is 0 Å². The molecule has 1 N–H and O–H groups in total. The van der Waals surface area contributed by atoms with Crippen LogP contribution in [0.3, 0.4) is 0 Å². The van der Waals surface area contributed by atoms with E-state index in [1.807, 2.05) is 32.0 Å². The van der Waals surface area contributed by atoms with E-state index in [9.17, 15) is 4.79 Å². The van der Waals surface area contributed by atoms with Crippen LogP contribution in [0.25, 0.3) is 0 Å². The molecule has 0 bridgehead atoms. The molecule has 0 amide bonds. The van der Waals surface area contributed by atoms with E-state index in [0.717, 1.165) is 17.5 Å². The van der Waals surface area contributed by atoms with Gasteiger partial charge in [-0.1, -0.05) is 24.6 Å². The standard InChI is InChI=1S/C11H14O3/c1-3-9-6-8(2)4-5-10(9)14-7-11(12)13/h4-6H,3,7H2,1-2H3,(H,12,13). The molecule has 14 heavy (non-hydrogen) atoms. The highest BCUT2D eigenvalue weighted by atomic mass is 16.5. The lowest BCUT2D eigenvalue weighted by Crippen LogP contribution is -2.10. The zero-order chi connectivity index (χ0) is 10.6. The van der Waals surface area contributed by atoms with Crippen molar-refractivity contribution in [3.8, 4) is 5.75 Å². The summed E-state index contributed by atoms with van der Waals surface area (Å²) in [5, 5.41) is 8.47. The van der Waals surface area contributed by atoms with E-state index in [0.29, 0.717) is 5.75 Å². The van der Waals surface area contributed by atoms with Crippen molar-refractivity contribution in [2.75, 3.05) is 6.61 Å². The number of carboxylic acids is 1. The molecule has 1 aromatic carbocycles. The molecule has 0 saturated heterocycles. The molecule has 0 aliphatic heterocycles. The van der Waals surface area contributed by atoms with E-state index in [2.05, 4.69) is 0 Å². The van der Waals surface area contributed by atoms with Gasteiger partial charge in [0.1, 0.15) is 5.75 Å². The molecule has 0 saturated carbocycles. The maximum Gasteiger partial charge on any atom is 0.341 e. The fraction of sp³-hybridized carbons (Fsp3) is 0.364. The predicted molar refractivity (Wildman–Crippen MR) is 53.7 cm³/mol. The van der Waals surface area contributed by atoms with Crippen molar-refractivity contribution in [1.29, 1.82) is 0 Å². The van der Waals surface area contributed by atoms with E-state index >= 15 is 0 Å². The number of benzene rings is 1. The van der Waals surface area contributed by atoms with Crippen LogP contribution in [-0.2, 0) is 11.2 Å². The average Bonchev–Trinajstić information content (AvgIpc) is 2.15. The summed E-state index contributed by atoms with van der Waals surface area (Å²) in [5.74, 6) is -0.284. The number of aliphatic carboxylic acids is 1. The molecular formula is C11H14O3. The van der Waals surface area contributed by atoms with Gasteiger partial charge in [0, 0.05) is 0 Å². The fourth-order valence-electron chi connectivity index (χ4n) is 1.26. The van der Waals surface area contributed by atoms with Crippen LogP contribution in [0.4, 0.5) is 0 Å². The van der Waals surface area contributed by atoms with E-state index < -0.39 is 5.97 Å². The molecular weight excluding hydrogens is 180 g/mol. The fourth-order valence-corrected chi connectivity index (χ4v) is 1.26. The maximum absolute atomic E-state index is 10.3. The molecule has 0 unspecified atom stereocenters. The minimum absolute atomic E-state index is 0.282. The van der Waals surface area contributed by atoms with Crippen molar-refractivity contribution in [2.45, 2.75) is 20.3 Å². The average molecular weight is 194 g/mol. The van der Waals surface area contributed by atoms with Gasteiger partial charge in [0.05, 0.1) is 0 Å². The zero-order valence-electron chi connectivity index (χ0n) is 8.41. The van der Waals surface area contributed by atoms with Crippen LogP contribution in [0, 0.1) is 6.92 Å². The van der Waals surface area contributed by atoms with Gasteiger partial charge in [0.25, 0.3) is 0 Å². The Labute approximate surface area is 83.3 Å². The highest BCUT2D eigenvalue weighted by molar-refractivity contribution is 5.68. The highest BCUT2D eigenvalue weighted by Gasteiger charge is 2.04. The molecule has 0 aliphatic carbocycles. The van der Waals surface area contributed by atoms with Gasteiger partial charge < -0.3 is 9.84 Å². The van der Waals surface area contributed by atoms with E-state index in [-0.39, 0.29) is 6.61 Å². The van der Waals surface area contributed by atoms with Gasteiger partial charge in [-0.15, -0.1) is 0 Å². The normalized spacial score (nSPS) is 9.86. The number of carbonyl (C=O) groups is 1. The first-order chi connectivity index (χ1) is 6.63. The Kier molecular flexibility index (Phi) is 3.51. The first kappa shape index (κ1) is 10.6. The lowest BCUT2D eigenvalue weighted by atomic mass is 10.1. The van der Waals surface area contributed by atoms with Crippen molar-refractivity contribution in [1.82, 2.24) is 0 Å². The van der Waals surface area contributed by atoms with Crippen LogP contribution in [0.2, 0.25) is 0 Å². The van der Waals surface area contributed by atoms with Crippen molar-refractivity contribution in [2.24, 2.45) is 0 Å². The molecule has 76 valence electrons. The summed E-state index contributed by atoms with van der Waals surface area (Å²) in [5.41, 5.74) is 2.20. The number of carboxylic acid groups (broad SMARTS) is 1. The van der Waals surface area contributed by atoms with Crippen molar-refractivity contribution < 1.29 is 14.6 Å². The minimum atomic E-state index is -0.951. The summed E-state index contributed by atoms with van der Waals surface area (Å²) < 4.78 is 5.14. The summed E-state index contributed by atoms with van der Waals surface area (Å²) in [6.07, 6.45) is 0.844. The monoisotopic (exact) mass is 194 g/mol. The van der Waals surface area contributed by atoms with Crippen LogP contribution in [0.5, 0.6) is 5.75 Å². The largest absolute Gasteiger partial charge is 0.482 e. The number of aryl methyl sites for hydroxylation is 2. The Balaban J connectivity index is 2.80. The molecule has 0 aromatic heterocycles. The van der Waals surface area contributed by atoms with Crippen LogP contribution >= 0.6 is 0 Å². The third kappa shape index (κ3) is 2.76. The second kappa shape index (κ2) is 4.65. The molecule has 1 aromatic rings. The summed E-state index contributed by atoms with van der Waals surface area (Å²) in [4.78, 5) is 10.3. The van der Waals surface area contributed by atoms with Gasteiger partial charge in [0.15, 0.2) is 6.61 Å². The molecule has 0 aliphatic rings. The van der Waals surface area contributed by atoms with Crippen LogP contribution < -0.4 is 4.74 Å². The van der Waals surface area contributed by atoms with Crippen molar-refractivity contribution in [3.63, 3.8) is 0 Å². The quantitative estimate of drug-likeness (QED) is 0.797. The van der Waals surface area contributed by atoms with Crippen molar-refractivity contribution in [3.05, 3.63) is 29.3 Å². The van der Waals surface area contributed by atoms with E-state index in [1.165, 1.54) is 0 Å². The molecule has 0 heterocycles. The molecule has 3 nitrogen and oxygen atoms in total. The lowest BCUT2D eigenvalue weighted by molar-refractivity contribution is -0.139. The molecule has 0 spiro atoms. The maximum atomic E-state index is 10.3. The Hall–Kier alpha value is -1.51. The highest BCUT2D eigenvalue weighted by Crippen LogP contribution is 2.20. The van der Waals surface area contributed by atoms with Crippen LogP contribution in [0.15, 0.2) is 18.2 Å².